The molecule has 0 aliphatic rings. The first-order chi connectivity index (χ1) is 11.3. The third-order valence-electron chi connectivity index (χ3n) is 4.36. The van der Waals surface area contributed by atoms with Crippen LogP contribution >= 0.6 is 0 Å². The van der Waals surface area contributed by atoms with Crippen molar-refractivity contribution >= 4 is 21.8 Å². The van der Waals surface area contributed by atoms with Crippen molar-refractivity contribution in [3.8, 4) is 17.0 Å². The first-order valence-corrected chi connectivity index (χ1v) is 7.84. The number of hydrogen-bond donors (Lipinski definition) is 0. The van der Waals surface area contributed by atoms with Gasteiger partial charge in [0.2, 0.25) is 0 Å². The summed E-state index contributed by atoms with van der Waals surface area (Å²) < 4.78 is 7.60. The second-order valence-electron chi connectivity index (χ2n) is 5.55. The van der Waals surface area contributed by atoms with Crippen molar-refractivity contribution in [2.24, 2.45) is 0 Å². The largest absolute Gasteiger partial charge is 0.497 e. The summed E-state index contributed by atoms with van der Waals surface area (Å²) in [7, 11) is 1.68. The standard InChI is InChI=1S/C20H18N2O/c1-3-22-18-7-5-4-6-16(18)17-12-13-21-19(20(17)22)14-8-10-15(23-2)11-9-14/h4-13H,3H2,1-2H3. The van der Waals surface area contributed by atoms with Gasteiger partial charge < -0.3 is 9.30 Å². The predicted octanol–water partition coefficient (Wildman–Crippen LogP) is 4.89. The van der Waals surface area contributed by atoms with Crippen molar-refractivity contribution in [3.05, 3.63) is 60.8 Å². The fourth-order valence-electron chi connectivity index (χ4n) is 3.29. The van der Waals surface area contributed by atoms with Crippen LogP contribution in [-0.4, -0.2) is 16.7 Å². The number of benzene rings is 2. The van der Waals surface area contributed by atoms with E-state index >= 15 is 0 Å². The SMILES string of the molecule is CCn1c2ccccc2c2ccnc(-c3ccc(OC)cc3)c21. The van der Waals surface area contributed by atoms with E-state index in [9.17, 15) is 0 Å². The molecule has 23 heavy (non-hydrogen) atoms. The van der Waals surface area contributed by atoms with Crippen LogP contribution in [0.1, 0.15) is 6.92 Å². The van der Waals surface area contributed by atoms with E-state index in [1.165, 1.54) is 21.8 Å². The maximum Gasteiger partial charge on any atom is 0.118 e. The number of pyridine rings is 1. The molecule has 2 aromatic heterocycles. The summed E-state index contributed by atoms with van der Waals surface area (Å²) in [5.74, 6) is 0.858. The summed E-state index contributed by atoms with van der Waals surface area (Å²) in [4.78, 5) is 4.67. The lowest BCUT2D eigenvalue weighted by molar-refractivity contribution is 0.415. The molecule has 0 atom stereocenters. The zero-order chi connectivity index (χ0) is 15.8. The highest BCUT2D eigenvalue weighted by molar-refractivity contribution is 6.11. The smallest absolute Gasteiger partial charge is 0.118 e. The average molecular weight is 302 g/mol. The molecule has 4 rings (SSSR count). The summed E-state index contributed by atoms with van der Waals surface area (Å²) in [5, 5.41) is 2.53. The Morgan fingerprint density at radius 2 is 1.74 bits per heavy atom. The Kier molecular flexibility index (Phi) is 3.27. The Morgan fingerprint density at radius 1 is 0.957 bits per heavy atom. The van der Waals surface area contributed by atoms with Gasteiger partial charge in [-0.3, -0.25) is 4.98 Å². The number of methoxy groups -OCH3 is 1. The molecule has 0 spiro atoms. The summed E-state index contributed by atoms with van der Waals surface area (Å²) >= 11 is 0. The third-order valence-corrected chi connectivity index (χ3v) is 4.36. The first kappa shape index (κ1) is 13.8. The molecular weight excluding hydrogens is 284 g/mol. The highest BCUT2D eigenvalue weighted by Crippen LogP contribution is 2.34. The van der Waals surface area contributed by atoms with E-state index in [1.807, 2.05) is 18.3 Å². The zero-order valence-electron chi connectivity index (χ0n) is 13.3. The van der Waals surface area contributed by atoms with Crippen molar-refractivity contribution in [2.45, 2.75) is 13.5 Å². The molecule has 2 heterocycles. The second-order valence-corrected chi connectivity index (χ2v) is 5.55. The molecule has 4 aromatic rings. The van der Waals surface area contributed by atoms with Crippen molar-refractivity contribution in [1.29, 1.82) is 0 Å². The van der Waals surface area contributed by atoms with E-state index in [0.29, 0.717) is 0 Å². The van der Waals surface area contributed by atoms with E-state index < -0.39 is 0 Å². The van der Waals surface area contributed by atoms with Gasteiger partial charge in [-0.05, 0) is 43.3 Å². The minimum Gasteiger partial charge on any atom is -0.497 e. The average Bonchev–Trinajstić information content (AvgIpc) is 2.95. The van der Waals surface area contributed by atoms with E-state index in [4.69, 9.17) is 4.74 Å². The topological polar surface area (TPSA) is 27.1 Å². The Morgan fingerprint density at radius 3 is 2.48 bits per heavy atom. The number of aromatic nitrogens is 2. The van der Waals surface area contributed by atoms with Crippen LogP contribution in [0.2, 0.25) is 0 Å². The molecule has 0 amide bonds. The van der Waals surface area contributed by atoms with Crippen LogP contribution in [0.25, 0.3) is 33.1 Å². The molecule has 0 radical (unpaired) electrons. The molecule has 0 saturated carbocycles. The highest BCUT2D eigenvalue weighted by atomic mass is 16.5. The predicted molar refractivity (Wildman–Crippen MR) is 94.9 cm³/mol. The Balaban J connectivity index is 2.07. The van der Waals surface area contributed by atoms with E-state index in [1.54, 1.807) is 7.11 Å². The van der Waals surface area contributed by atoms with Gasteiger partial charge in [-0.2, -0.15) is 0 Å². The lowest BCUT2D eigenvalue weighted by atomic mass is 10.1. The minimum absolute atomic E-state index is 0.858. The van der Waals surface area contributed by atoms with Gasteiger partial charge in [0.05, 0.1) is 18.3 Å². The molecule has 2 aromatic carbocycles. The van der Waals surface area contributed by atoms with Crippen LogP contribution < -0.4 is 4.74 Å². The summed E-state index contributed by atoms with van der Waals surface area (Å²) in [6.45, 7) is 3.09. The molecule has 3 heteroatoms. The quantitative estimate of drug-likeness (QED) is 0.539. The van der Waals surface area contributed by atoms with Crippen LogP contribution in [-0.2, 0) is 6.54 Å². The normalized spacial score (nSPS) is 11.2. The van der Waals surface area contributed by atoms with Gasteiger partial charge in [0, 0.05) is 34.6 Å². The molecule has 0 saturated heterocycles. The number of fused-ring (bicyclic) bond motifs is 3. The fraction of sp³-hybridized carbons (Fsp3) is 0.150. The summed E-state index contributed by atoms with van der Waals surface area (Å²) in [6, 6.07) is 18.7. The molecule has 0 fully saturated rings. The van der Waals surface area contributed by atoms with Crippen LogP contribution in [0, 0.1) is 0 Å². The van der Waals surface area contributed by atoms with Crippen LogP contribution in [0.3, 0.4) is 0 Å². The molecular formula is C20H18N2O. The van der Waals surface area contributed by atoms with Gasteiger partial charge in [-0.1, -0.05) is 18.2 Å². The van der Waals surface area contributed by atoms with Gasteiger partial charge >= 0.3 is 0 Å². The Labute approximate surface area is 135 Å². The molecule has 0 aliphatic carbocycles. The fourth-order valence-corrected chi connectivity index (χ4v) is 3.29. The number of ether oxygens (including phenoxy) is 1. The number of rotatable bonds is 3. The molecule has 0 aliphatic heterocycles. The number of aryl methyl sites for hydroxylation is 1. The number of hydrogen-bond acceptors (Lipinski definition) is 2. The maximum absolute atomic E-state index is 5.26. The van der Waals surface area contributed by atoms with E-state index in [2.05, 4.69) is 58.9 Å². The molecule has 3 nitrogen and oxygen atoms in total. The Bertz CT molecular complexity index is 984. The van der Waals surface area contributed by atoms with Gasteiger partial charge in [0.1, 0.15) is 5.75 Å². The van der Waals surface area contributed by atoms with Crippen molar-refractivity contribution in [2.75, 3.05) is 7.11 Å². The monoisotopic (exact) mass is 302 g/mol. The third kappa shape index (κ3) is 2.08. The first-order valence-electron chi connectivity index (χ1n) is 7.84. The Hall–Kier alpha value is -2.81. The minimum atomic E-state index is 0.858. The summed E-state index contributed by atoms with van der Waals surface area (Å²) in [5.41, 5.74) is 4.58. The highest BCUT2D eigenvalue weighted by Gasteiger charge is 2.14. The van der Waals surface area contributed by atoms with Crippen LogP contribution in [0.4, 0.5) is 0 Å². The lowest BCUT2D eigenvalue weighted by Gasteiger charge is -2.08. The summed E-state index contributed by atoms with van der Waals surface area (Å²) in [6.07, 6.45) is 1.90. The van der Waals surface area contributed by atoms with Crippen LogP contribution in [0.15, 0.2) is 60.8 Å². The van der Waals surface area contributed by atoms with Crippen molar-refractivity contribution in [3.63, 3.8) is 0 Å². The molecule has 0 unspecified atom stereocenters. The molecule has 0 N–H and O–H groups in total. The number of para-hydroxylation sites is 1. The molecule has 0 bridgehead atoms. The van der Waals surface area contributed by atoms with Crippen molar-refractivity contribution < 1.29 is 4.74 Å². The maximum atomic E-state index is 5.26. The molecule has 114 valence electrons. The van der Waals surface area contributed by atoms with Gasteiger partial charge in [0.15, 0.2) is 0 Å². The second kappa shape index (κ2) is 5.43. The van der Waals surface area contributed by atoms with Gasteiger partial charge in [0.25, 0.3) is 0 Å². The van der Waals surface area contributed by atoms with E-state index in [0.717, 1.165) is 23.6 Å². The van der Waals surface area contributed by atoms with Crippen molar-refractivity contribution in [1.82, 2.24) is 9.55 Å². The number of nitrogens with zero attached hydrogens (tertiary/aromatic N) is 2. The van der Waals surface area contributed by atoms with Crippen LogP contribution in [0.5, 0.6) is 5.75 Å². The zero-order valence-corrected chi connectivity index (χ0v) is 13.3. The van der Waals surface area contributed by atoms with Gasteiger partial charge in [-0.25, -0.2) is 0 Å². The van der Waals surface area contributed by atoms with E-state index in [-0.39, 0.29) is 0 Å². The van der Waals surface area contributed by atoms with Gasteiger partial charge in [-0.15, -0.1) is 0 Å². The lowest BCUT2D eigenvalue weighted by Crippen LogP contribution is -1.96.